The molecule has 1 saturated carbocycles. The highest BCUT2D eigenvalue weighted by Crippen LogP contribution is 2.35. The molecule has 2 rings (SSSR count). The van der Waals surface area contributed by atoms with Crippen LogP contribution in [0.3, 0.4) is 0 Å². The van der Waals surface area contributed by atoms with E-state index in [4.69, 9.17) is 0 Å². The number of aromatic nitrogens is 2. The first-order valence-electron chi connectivity index (χ1n) is 7.16. The van der Waals surface area contributed by atoms with E-state index in [1.165, 1.54) is 37.8 Å². The molecular formula is C15H24N2. The van der Waals surface area contributed by atoms with Crippen LogP contribution in [0.25, 0.3) is 0 Å². The second kappa shape index (κ2) is 6.13. The van der Waals surface area contributed by atoms with E-state index < -0.39 is 0 Å². The monoisotopic (exact) mass is 232 g/mol. The van der Waals surface area contributed by atoms with Crippen molar-refractivity contribution in [2.45, 2.75) is 64.7 Å². The molecule has 0 amide bonds. The van der Waals surface area contributed by atoms with Crippen molar-refractivity contribution in [3.05, 3.63) is 23.5 Å². The second-order valence-corrected chi connectivity index (χ2v) is 5.33. The zero-order valence-electron chi connectivity index (χ0n) is 11.2. The molecule has 0 atom stereocenters. The summed E-state index contributed by atoms with van der Waals surface area (Å²) in [4.78, 5) is 0. The molecule has 0 spiro atoms. The van der Waals surface area contributed by atoms with Crippen LogP contribution in [0.15, 0.2) is 12.1 Å². The van der Waals surface area contributed by atoms with Crippen LogP contribution >= 0.6 is 0 Å². The van der Waals surface area contributed by atoms with Gasteiger partial charge in [-0.05, 0) is 50.2 Å². The molecule has 0 bridgehead atoms. The summed E-state index contributed by atoms with van der Waals surface area (Å²) in [7, 11) is 0. The summed E-state index contributed by atoms with van der Waals surface area (Å²) in [6.45, 7) is 4.49. The largest absolute Gasteiger partial charge is 0.155 e. The lowest BCUT2D eigenvalue weighted by Crippen LogP contribution is -2.14. The molecule has 1 aliphatic carbocycles. The standard InChI is InChI=1S/C15H24N2/c1-3-5-14-10-11-15(17-16-14)13-8-6-12(4-2)7-9-13/h10-13H,3-9H2,1-2H3/t12-,13-. The predicted molar refractivity (Wildman–Crippen MR) is 71.0 cm³/mol. The zero-order chi connectivity index (χ0) is 12.1. The number of nitrogens with zero attached hydrogens (tertiary/aromatic N) is 2. The lowest BCUT2D eigenvalue weighted by atomic mass is 9.79. The molecule has 0 saturated heterocycles. The van der Waals surface area contributed by atoms with Gasteiger partial charge in [-0.2, -0.15) is 10.2 Å². The Balaban J connectivity index is 1.94. The van der Waals surface area contributed by atoms with Crippen LogP contribution in [-0.4, -0.2) is 10.2 Å². The number of hydrogen-bond donors (Lipinski definition) is 0. The summed E-state index contributed by atoms with van der Waals surface area (Å²) in [5, 5.41) is 8.75. The van der Waals surface area contributed by atoms with E-state index in [0.29, 0.717) is 5.92 Å². The van der Waals surface area contributed by atoms with Gasteiger partial charge in [-0.1, -0.05) is 26.7 Å². The molecular weight excluding hydrogens is 208 g/mol. The van der Waals surface area contributed by atoms with Gasteiger partial charge in [0.2, 0.25) is 0 Å². The highest BCUT2D eigenvalue weighted by molar-refractivity contribution is 5.12. The molecule has 1 aliphatic rings. The maximum Gasteiger partial charge on any atom is 0.0662 e. The van der Waals surface area contributed by atoms with E-state index in [9.17, 15) is 0 Å². The molecule has 0 radical (unpaired) electrons. The molecule has 1 heterocycles. The molecule has 2 nitrogen and oxygen atoms in total. The van der Waals surface area contributed by atoms with Gasteiger partial charge >= 0.3 is 0 Å². The quantitative estimate of drug-likeness (QED) is 0.780. The fraction of sp³-hybridized carbons (Fsp3) is 0.733. The number of hydrogen-bond acceptors (Lipinski definition) is 2. The second-order valence-electron chi connectivity index (χ2n) is 5.33. The zero-order valence-corrected chi connectivity index (χ0v) is 11.2. The molecule has 1 aromatic rings. The van der Waals surface area contributed by atoms with Gasteiger partial charge in [0.05, 0.1) is 11.4 Å². The molecule has 94 valence electrons. The van der Waals surface area contributed by atoms with E-state index in [2.05, 4.69) is 36.2 Å². The van der Waals surface area contributed by atoms with Crippen LogP contribution in [0, 0.1) is 5.92 Å². The van der Waals surface area contributed by atoms with Gasteiger partial charge < -0.3 is 0 Å². The lowest BCUT2D eigenvalue weighted by Gasteiger charge is -2.27. The Morgan fingerprint density at radius 3 is 2.35 bits per heavy atom. The summed E-state index contributed by atoms with van der Waals surface area (Å²) in [6.07, 6.45) is 8.90. The van der Waals surface area contributed by atoms with Crippen molar-refractivity contribution in [1.29, 1.82) is 0 Å². The molecule has 2 heteroatoms. The third kappa shape index (κ3) is 3.27. The summed E-state index contributed by atoms with van der Waals surface area (Å²) < 4.78 is 0. The van der Waals surface area contributed by atoms with Crippen LogP contribution in [-0.2, 0) is 6.42 Å². The normalized spacial score (nSPS) is 24.8. The SMILES string of the molecule is CCCc1ccc([C@H]2CC[C@H](CC)CC2)nn1. The Kier molecular flexibility index (Phi) is 4.52. The Morgan fingerprint density at radius 1 is 1.06 bits per heavy atom. The molecule has 17 heavy (non-hydrogen) atoms. The van der Waals surface area contributed by atoms with E-state index >= 15 is 0 Å². The van der Waals surface area contributed by atoms with Crippen molar-refractivity contribution in [3.8, 4) is 0 Å². The van der Waals surface area contributed by atoms with Crippen molar-refractivity contribution in [2.24, 2.45) is 5.92 Å². The van der Waals surface area contributed by atoms with E-state index in [-0.39, 0.29) is 0 Å². The minimum Gasteiger partial charge on any atom is -0.155 e. The maximum absolute atomic E-state index is 4.42. The van der Waals surface area contributed by atoms with Crippen LogP contribution in [0.5, 0.6) is 0 Å². The lowest BCUT2D eigenvalue weighted by molar-refractivity contribution is 0.314. The van der Waals surface area contributed by atoms with Crippen LogP contribution in [0.2, 0.25) is 0 Å². The number of rotatable bonds is 4. The highest BCUT2D eigenvalue weighted by atomic mass is 15.1. The van der Waals surface area contributed by atoms with E-state index in [1.807, 2.05) is 0 Å². The van der Waals surface area contributed by atoms with Gasteiger partial charge in [-0.25, -0.2) is 0 Å². The molecule has 0 aromatic carbocycles. The summed E-state index contributed by atoms with van der Waals surface area (Å²) in [6, 6.07) is 4.37. The molecule has 0 N–H and O–H groups in total. The van der Waals surface area contributed by atoms with Gasteiger partial charge in [0.15, 0.2) is 0 Å². The minimum absolute atomic E-state index is 0.668. The maximum atomic E-state index is 4.42. The van der Waals surface area contributed by atoms with Crippen LogP contribution < -0.4 is 0 Å². The van der Waals surface area contributed by atoms with Gasteiger partial charge in [0.1, 0.15) is 0 Å². The Hall–Kier alpha value is -0.920. The smallest absolute Gasteiger partial charge is 0.0662 e. The summed E-state index contributed by atoms with van der Waals surface area (Å²) in [5.74, 6) is 1.62. The first-order chi connectivity index (χ1) is 8.33. The van der Waals surface area contributed by atoms with Crippen molar-refractivity contribution < 1.29 is 0 Å². The fourth-order valence-corrected chi connectivity index (χ4v) is 2.84. The molecule has 0 aliphatic heterocycles. The summed E-state index contributed by atoms with van der Waals surface area (Å²) >= 11 is 0. The topological polar surface area (TPSA) is 25.8 Å². The Morgan fingerprint density at radius 2 is 1.82 bits per heavy atom. The van der Waals surface area contributed by atoms with Crippen LogP contribution in [0.4, 0.5) is 0 Å². The van der Waals surface area contributed by atoms with Crippen molar-refractivity contribution >= 4 is 0 Å². The third-order valence-electron chi connectivity index (χ3n) is 4.09. The first kappa shape index (κ1) is 12.5. The van der Waals surface area contributed by atoms with E-state index in [1.54, 1.807) is 0 Å². The minimum atomic E-state index is 0.668. The average molecular weight is 232 g/mol. The third-order valence-corrected chi connectivity index (χ3v) is 4.09. The average Bonchev–Trinajstić information content (AvgIpc) is 2.40. The molecule has 0 unspecified atom stereocenters. The van der Waals surface area contributed by atoms with Crippen molar-refractivity contribution in [2.75, 3.05) is 0 Å². The van der Waals surface area contributed by atoms with Gasteiger partial charge in [0, 0.05) is 5.92 Å². The van der Waals surface area contributed by atoms with Crippen LogP contribution in [0.1, 0.15) is 69.7 Å². The Bertz CT molecular complexity index is 323. The van der Waals surface area contributed by atoms with Gasteiger partial charge in [0.25, 0.3) is 0 Å². The van der Waals surface area contributed by atoms with E-state index in [0.717, 1.165) is 24.5 Å². The summed E-state index contributed by atoms with van der Waals surface area (Å²) in [5.41, 5.74) is 2.36. The molecule has 1 fully saturated rings. The van der Waals surface area contributed by atoms with Gasteiger partial charge in [-0.3, -0.25) is 0 Å². The molecule has 1 aromatic heterocycles. The number of aryl methyl sites for hydroxylation is 1. The van der Waals surface area contributed by atoms with Gasteiger partial charge in [-0.15, -0.1) is 0 Å². The predicted octanol–water partition coefficient (Wildman–Crippen LogP) is 4.11. The first-order valence-corrected chi connectivity index (χ1v) is 7.16. The van der Waals surface area contributed by atoms with Crippen molar-refractivity contribution in [1.82, 2.24) is 10.2 Å². The van der Waals surface area contributed by atoms with Crippen molar-refractivity contribution in [3.63, 3.8) is 0 Å². The highest BCUT2D eigenvalue weighted by Gasteiger charge is 2.22. The Labute approximate surface area is 105 Å². The fourth-order valence-electron chi connectivity index (χ4n) is 2.84.